The van der Waals surface area contributed by atoms with Crippen molar-refractivity contribution < 1.29 is 9.13 Å². The molecule has 3 heteroatoms. The van der Waals surface area contributed by atoms with Crippen LogP contribution >= 0.6 is 0 Å². The molecule has 1 saturated carbocycles. The largest absolute Gasteiger partial charge is 0.378 e. The summed E-state index contributed by atoms with van der Waals surface area (Å²) in [5.41, 5.74) is 0. The lowest BCUT2D eigenvalue weighted by Gasteiger charge is -2.32. The lowest BCUT2D eigenvalue weighted by atomic mass is 9.80. The monoisotopic (exact) mass is 313 g/mol. The summed E-state index contributed by atoms with van der Waals surface area (Å²) in [6.07, 6.45) is 8.15. The fourth-order valence-electron chi connectivity index (χ4n) is 4.24. The highest BCUT2D eigenvalue weighted by atomic mass is 19.1. The highest BCUT2D eigenvalue weighted by Gasteiger charge is 2.28. The summed E-state index contributed by atoms with van der Waals surface area (Å²) in [7, 11) is 0. The Balaban J connectivity index is 1.62. The first-order valence-electron chi connectivity index (χ1n) is 9.50. The van der Waals surface area contributed by atoms with Gasteiger partial charge in [0.25, 0.3) is 0 Å². The van der Waals surface area contributed by atoms with Crippen LogP contribution in [0.25, 0.3) is 0 Å². The van der Waals surface area contributed by atoms with Gasteiger partial charge in [-0.2, -0.15) is 0 Å². The quantitative estimate of drug-likeness (QED) is 0.652. The van der Waals surface area contributed by atoms with E-state index in [-0.39, 0.29) is 6.67 Å². The SMILES string of the molecule is CC(CCO[C@@H]1CCC[C@H](C(C)C)C1)C1CCN(CCF)C1. The molecule has 0 amide bonds. The molecular formula is C19H36FNO. The van der Waals surface area contributed by atoms with Crippen molar-refractivity contribution >= 4 is 0 Å². The van der Waals surface area contributed by atoms with Crippen molar-refractivity contribution in [2.75, 3.05) is 32.9 Å². The van der Waals surface area contributed by atoms with Gasteiger partial charge in [-0.3, -0.25) is 0 Å². The van der Waals surface area contributed by atoms with E-state index in [0.29, 0.717) is 18.6 Å². The molecule has 1 aliphatic carbocycles. The van der Waals surface area contributed by atoms with Crippen LogP contribution in [0.15, 0.2) is 0 Å². The first-order chi connectivity index (χ1) is 10.6. The van der Waals surface area contributed by atoms with Crippen LogP contribution in [0.5, 0.6) is 0 Å². The maximum Gasteiger partial charge on any atom is 0.102 e. The minimum atomic E-state index is -0.205. The second-order valence-electron chi connectivity index (χ2n) is 7.97. The predicted molar refractivity (Wildman–Crippen MR) is 90.8 cm³/mol. The summed E-state index contributed by atoms with van der Waals surface area (Å²) in [5, 5.41) is 0. The molecule has 1 aliphatic heterocycles. The third-order valence-electron chi connectivity index (χ3n) is 6.05. The lowest BCUT2D eigenvalue weighted by molar-refractivity contribution is -0.00147. The second-order valence-corrected chi connectivity index (χ2v) is 7.97. The fraction of sp³-hybridized carbons (Fsp3) is 1.00. The molecule has 22 heavy (non-hydrogen) atoms. The molecule has 2 nitrogen and oxygen atoms in total. The molecule has 0 aromatic rings. The summed E-state index contributed by atoms with van der Waals surface area (Å²) in [4.78, 5) is 2.27. The van der Waals surface area contributed by atoms with Crippen LogP contribution < -0.4 is 0 Å². The van der Waals surface area contributed by atoms with Crippen molar-refractivity contribution in [3.05, 3.63) is 0 Å². The van der Waals surface area contributed by atoms with E-state index >= 15 is 0 Å². The molecule has 2 unspecified atom stereocenters. The van der Waals surface area contributed by atoms with Crippen molar-refractivity contribution in [1.29, 1.82) is 0 Å². The Morgan fingerprint density at radius 2 is 1.95 bits per heavy atom. The third kappa shape index (κ3) is 5.49. The summed E-state index contributed by atoms with van der Waals surface area (Å²) in [6, 6.07) is 0. The van der Waals surface area contributed by atoms with E-state index in [9.17, 15) is 4.39 Å². The topological polar surface area (TPSA) is 12.5 Å². The summed E-state index contributed by atoms with van der Waals surface area (Å²) in [5.74, 6) is 3.10. The summed E-state index contributed by atoms with van der Waals surface area (Å²) < 4.78 is 18.6. The van der Waals surface area contributed by atoms with Crippen molar-refractivity contribution in [3.8, 4) is 0 Å². The Morgan fingerprint density at radius 3 is 2.68 bits per heavy atom. The van der Waals surface area contributed by atoms with Crippen molar-refractivity contribution in [2.45, 2.75) is 65.4 Å². The van der Waals surface area contributed by atoms with Crippen LogP contribution in [0.3, 0.4) is 0 Å². The van der Waals surface area contributed by atoms with Gasteiger partial charge in [-0.15, -0.1) is 0 Å². The molecule has 130 valence electrons. The number of nitrogens with zero attached hydrogens (tertiary/aromatic N) is 1. The van der Waals surface area contributed by atoms with Crippen LogP contribution in [0.1, 0.15) is 59.3 Å². The van der Waals surface area contributed by atoms with E-state index in [2.05, 4.69) is 25.7 Å². The van der Waals surface area contributed by atoms with Gasteiger partial charge in [0, 0.05) is 19.7 Å². The van der Waals surface area contributed by atoms with Crippen molar-refractivity contribution in [3.63, 3.8) is 0 Å². The normalized spacial score (nSPS) is 31.8. The molecule has 0 aromatic carbocycles. The van der Waals surface area contributed by atoms with E-state index in [1.54, 1.807) is 0 Å². The van der Waals surface area contributed by atoms with Gasteiger partial charge in [0.05, 0.1) is 6.10 Å². The summed E-state index contributed by atoms with van der Waals surface area (Å²) >= 11 is 0. The number of ether oxygens (including phenoxy) is 1. The molecule has 0 radical (unpaired) electrons. The van der Waals surface area contributed by atoms with Gasteiger partial charge < -0.3 is 9.64 Å². The average molecular weight is 314 g/mol. The van der Waals surface area contributed by atoms with Gasteiger partial charge in [0.1, 0.15) is 6.67 Å². The van der Waals surface area contributed by atoms with Crippen LogP contribution in [-0.2, 0) is 4.74 Å². The Labute approximate surface area is 136 Å². The molecule has 0 N–H and O–H groups in total. The Kier molecular flexibility index (Phi) is 7.62. The number of rotatable bonds is 8. The predicted octanol–water partition coefficient (Wildman–Crippen LogP) is 4.54. The highest BCUT2D eigenvalue weighted by Crippen LogP contribution is 2.32. The van der Waals surface area contributed by atoms with Crippen LogP contribution in [-0.4, -0.2) is 43.9 Å². The van der Waals surface area contributed by atoms with E-state index in [4.69, 9.17) is 4.74 Å². The molecule has 2 rings (SSSR count). The van der Waals surface area contributed by atoms with Gasteiger partial charge >= 0.3 is 0 Å². The second kappa shape index (κ2) is 9.22. The van der Waals surface area contributed by atoms with E-state index in [1.165, 1.54) is 32.1 Å². The van der Waals surface area contributed by atoms with Crippen LogP contribution in [0.2, 0.25) is 0 Å². The zero-order valence-electron chi connectivity index (χ0n) is 14.9. The van der Waals surface area contributed by atoms with Gasteiger partial charge in [-0.05, 0) is 55.9 Å². The molecule has 1 saturated heterocycles. The lowest BCUT2D eigenvalue weighted by Crippen LogP contribution is -2.27. The molecular weight excluding hydrogens is 277 g/mol. The maximum atomic E-state index is 12.4. The molecule has 2 fully saturated rings. The molecule has 1 heterocycles. The van der Waals surface area contributed by atoms with Gasteiger partial charge in [0.2, 0.25) is 0 Å². The zero-order valence-corrected chi connectivity index (χ0v) is 14.9. The Bertz CT molecular complexity index is 310. The standard InChI is InChI=1S/C19H36FNO/c1-15(2)17-5-4-6-19(13-17)22-12-8-16(3)18-7-10-21(14-18)11-9-20/h15-19H,4-14H2,1-3H3/t16?,17-,18?,19+/m0/s1. The first-order valence-corrected chi connectivity index (χ1v) is 9.50. The average Bonchev–Trinajstić information content (AvgIpc) is 2.96. The van der Waals surface area contributed by atoms with Gasteiger partial charge in [-0.25, -0.2) is 4.39 Å². The molecule has 0 bridgehead atoms. The van der Waals surface area contributed by atoms with E-state index in [0.717, 1.165) is 43.9 Å². The molecule has 0 aromatic heterocycles. The highest BCUT2D eigenvalue weighted by molar-refractivity contribution is 4.80. The smallest absolute Gasteiger partial charge is 0.102 e. The zero-order chi connectivity index (χ0) is 15.9. The third-order valence-corrected chi connectivity index (χ3v) is 6.05. The van der Waals surface area contributed by atoms with Crippen LogP contribution in [0.4, 0.5) is 4.39 Å². The number of likely N-dealkylation sites (tertiary alicyclic amines) is 1. The van der Waals surface area contributed by atoms with Crippen molar-refractivity contribution in [2.24, 2.45) is 23.7 Å². The van der Waals surface area contributed by atoms with Gasteiger partial charge in [-0.1, -0.05) is 33.6 Å². The number of alkyl halides is 1. The number of halogens is 1. The Morgan fingerprint density at radius 1 is 1.14 bits per heavy atom. The van der Waals surface area contributed by atoms with Crippen LogP contribution in [0, 0.1) is 23.7 Å². The minimum Gasteiger partial charge on any atom is -0.378 e. The minimum absolute atomic E-state index is 0.205. The molecule has 2 aliphatic rings. The fourth-order valence-corrected chi connectivity index (χ4v) is 4.24. The summed E-state index contributed by atoms with van der Waals surface area (Å²) in [6.45, 7) is 10.5. The Hall–Kier alpha value is -0.150. The molecule has 4 atom stereocenters. The van der Waals surface area contributed by atoms with Gasteiger partial charge in [0.15, 0.2) is 0 Å². The number of hydrogen-bond acceptors (Lipinski definition) is 2. The number of hydrogen-bond donors (Lipinski definition) is 0. The van der Waals surface area contributed by atoms with E-state index in [1.807, 2.05) is 0 Å². The van der Waals surface area contributed by atoms with E-state index < -0.39 is 0 Å². The van der Waals surface area contributed by atoms with Crippen molar-refractivity contribution in [1.82, 2.24) is 4.90 Å². The molecule has 0 spiro atoms. The first kappa shape index (κ1) is 18.2. The maximum absolute atomic E-state index is 12.4.